The highest BCUT2D eigenvalue weighted by Crippen LogP contribution is 2.17. The number of aliphatic hydroxyl groups excluding tert-OH is 1. The van der Waals surface area contributed by atoms with Gasteiger partial charge in [-0.3, -0.25) is 4.79 Å². The van der Waals surface area contributed by atoms with Crippen LogP contribution in [-0.4, -0.2) is 41.7 Å². The first-order valence-electron chi connectivity index (χ1n) is 6.72. The van der Waals surface area contributed by atoms with E-state index in [-0.39, 0.29) is 12.0 Å². The molecule has 1 fully saturated rings. The van der Waals surface area contributed by atoms with Gasteiger partial charge in [-0.05, 0) is 43.5 Å². The van der Waals surface area contributed by atoms with Gasteiger partial charge >= 0.3 is 0 Å². The predicted octanol–water partition coefficient (Wildman–Crippen LogP) is 1.67. The molecule has 0 bridgehead atoms. The van der Waals surface area contributed by atoms with Crippen molar-refractivity contribution in [2.75, 3.05) is 19.7 Å². The fourth-order valence-corrected chi connectivity index (χ4v) is 2.19. The van der Waals surface area contributed by atoms with Crippen LogP contribution in [0.2, 0.25) is 0 Å². The number of β-amino-alcohol motifs (C(OH)–C–C–N with tert-alkyl or cyclic N) is 1. The van der Waals surface area contributed by atoms with Gasteiger partial charge in [0.25, 0.3) is 0 Å². The molecular weight excluding hydrogens is 242 g/mol. The number of aryl methyl sites for hydroxylation is 2. The van der Waals surface area contributed by atoms with E-state index in [0.29, 0.717) is 32.5 Å². The van der Waals surface area contributed by atoms with Crippen LogP contribution in [0.5, 0.6) is 5.75 Å². The Kier molecular flexibility index (Phi) is 4.43. The lowest BCUT2D eigenvalue weighted by Crippen LogP contribution is -2.30. The molecule has 104 valence electrons. The van der Waals surface area contributed by atoms with Crippen LogP contribution >= 0.6 is 0 Å². The van der Waals surface area contributed by atoms with Gasteiger partial charge in [0.05, 0.1) is 19.1 Å². The second-order valence-corrected chi connectivity index (χ2v) is 5.13. The molecule has 4 nitrogen and oxygen atoms in total. The van der Waals surface area contributed by atoms with E-state index in [1.54, 1.807) is 4.90 Å². The molecule has 4 heteroatoms. The standard InChI is InChI=1S/C15H21NO3/c1-11-3-4-14(9-12(11)2)19-8-6-15(18)16-7-5-13(17)10-16/h3-4,9,13,17H,5-8,10H2,1-2H3. The third-order valence-corrected chi connectivity index (χ3v) is 3.58. The summed E-state index contributed by atoms with van der Waals surface area (Å²) < 4.78 is 5.59. The molecule has 1 saturated heterocycles. The SMILES string of the molecule is Cc1ccc(OCCC(=O)N2CCC(O)C2)cc1C. The summed E-state index contributed by atoms with van der Waals surface area (Å²) in [6.07, 6.45) is 0.688. The van der Waals surface area contributed by atoms with Crippen molar-refractivity contribution < 1.29 is 14.6 Å². The van der Waals surface area contributed by atoms with Crippen molar-refractivity contribution in [3.8, 4) is 5.75 Å². The van der Waals surface area contributed by atoms with Crippen LogP contribution in [-0.2, 0) is 4.79 Å². The zero-order valence-corrected chi connectivity index (χ0v) is 11.6. The lowest BCUT2D eigenvalue weighted by Gasteiger charge is -2.15. The predicted molar refractivity (Wildman–Crippen MR) is 73.2 cm³/mol. The van der Waals surface area contributed by atoms with Crippen LogP contribution < -0.4 is 4.74 Å². The first-order chi connectivity index (χ1) is 9.06. The van der Waals surface area contributed by atoms with Gasteiger partial charge in [0.1, 0.15) is 5.75 Å². The van der Waals surface area contributed by atoms with Crippen LogP contribution in [0.4, 0.5) is 0 Å². The Balaban J connectivity index is 1.77. The van der Waals surface area contributed by atoms with Gasteiger partial charge < -0.3 is 14.7 Å². The van der Waals surface area contributed by atoms with Crippen molar-refractivity contribution in [1.82, 2.24) is 4.90 Å². The number of rotatable bonds is 4. The van der Waals surface area contributed by atoms with E-state index in [0.717, 1.165) is 5.75 Å². The van der Waals surface area contributed by atoms with E-state index in [2.05, 4.69) is 6.92 Å². The van der Waals surface area contributed by atoms with Crippen LogP contribution in [0, 0.1) is 13.8 Å². The van der Waals surface area contributed by atoms with Gasteiger partial charge in [-0.1, -0.05) is 6.07 Å². The summed E-state index contributed by atoms with van der Waals surface area (Å²) in [7, 11) is 0. The molecule has 1 aliphatic heterocycles. The maximum absolute atomic E-state index is 11.8. The quantitative estimate of drug-likeness (QED) is 0.899. The zero-order valence-electron chi connectivity index (χ0n) is 11.6. The Morgan fingerprint density at radius 2 is 2.21 bits per heavy atom. The number of hydrogen-bond acceptors (Lipinski definition) is 3. The molecular formula is C15H21NO3. The van der Waals surface area contributed by atoms with Crippen molar-refractivity contribution >= 4 is 5.91 Å². The summed E-state index contributed by atoms with van der Waals surface area (Å²) in [5, 5.41) is 9.38. The van der Waals surface area contributed by atoms with Crippen LogP contribution in [0.25, 0.3) is 0 Å². The molecule has 1 N–H and O–H groups in total. The van der Waals surface area contributed by atoms with E-state index in [1.165, 1.54) is 11.1 Å². The van der Waals surface area contributed by atoms with E-state index < -0.39 is 0 Å². The topological polar surface area (TPSA) is 49.8 Å². The molecule has 0 saturated carbocycles. The van der Waals surface area contributed by atoms with Gasteiger partial charge in [0, 0.05) is 13.1 Å². The molecule has 1 aliphatic rings. The van der Waals surface area contributed by atoms with Crippen molar-refractivity contribution in [2.45, 2.75) is 32.8 Å². The number of aliphatic hydroxyl groups is 1. The normalized spacial score (nSPS) is 18.7. The highest BCUT2D eigenvalue weighted by atomic mass is 16.5. The Morgan fingerprint density at radius 1 is 1.42 bits per heavy atom. The van der Waals surface area contributed by atoms with Crippen LogP contribution in [0.3, 0.4) is 0 Å². The molecule has 1 aromatic carbocycles. The highest BCUT2D eigenvalue weighted by molar-refractivity contribution is 5.76. The number of amides is 1. The summed E-state index contributed by atoms with van der Waals surface area (Å²) in [5.41, 5.74) is 2.42. The van der Waals surface area contributed by atoms with Crippen molar-refractivity contribution in [2.24, 2.45) is 0 Å². The molecule has 1 unspecified atom stereocenters. The van der Waals surface area contributed by atoms with Gasteiger partial charge in [-0.2, -0.15) is 0 Å². The largest absolute Gasteiger partial charge is 0.493 e. The van der Waals surface area contributed by atoms with Gasteiger partial charge in [-0.15, -0.1) is 0 Å². The lowest BCUT2D eigenvalue weighted by molar-refractivity contribution is -0.131. The Morgan fingerprint density at radius 3 is 2.84 bits per heavy atom. The summed E-state index contributed by atoms with van der Waals surface area (Å²) in [4.78, 5) is 13.5. The number of benzene rings is 1. The number of carbonyl (C=O) groups excluding carboxylic acids is 1. The molecule has 0 aliphatic carbocycles. The summed E-state index contributed by atoms with van der Waals surface area (Å²) in [6, 6.07) is 5.93. The highest BCUT2D eigenvalue weighted by Gasteiger charge is 2.23. The van der Waals surface area contributed by atoms with Crippen molar-refractivity contribution in [3.05, 3.63) is 29.3 Å². The number of ether oxygens (including phenoxy) is 1. The van der Waals surface area contributed by atoms with E-state index in [1.807, 2.05) is 25.1 Å². The minimum absolute atomic E-state index is 0.0559. The number of nitrogens with zero attached hydrogens (tertiary/aromatic N) is 1. The average molecular weight is 263 g/mol. The lowest BCUT2D eigenvalue weighted by atomic mass is 10.1. The minimum atomic E-state index is -0.357. The van der Waals surface area contributed by atoms with Crippen molar-refractivity contribution in [1.29, 1.82) is 0 Å². The Labute approximate surface area is 114 Å². The smallest absolute Gasteiger partial charge is 0.226 e. The van der Waals surface area contributed by atoms with E-state index >= 15 is 0 Å². The maximum atomic E-state index is 11.8. The molecule has 0 radical (unpaired) electrons. The van der Waals surface area contributed by atoms with Gasteiger partial charge in [0.2, 0.25) is 5.91 Å². The third-order valence-electron chi connectivity index (χ3n) is 3.58. The van der Waals surface area contributed by atoms with Gasteiger partial charge in [-0.25, -0.2) is 0 Å². The maximum Gasteiger partial charge on any atom is 0.226 e. The summed E-state index contributed by atoms with van der Waals surface area (Å²) in [5.74, 6) is 0.859. The van der Waals surface area contributed by atoms with Gasteiger partial charge in [0.15, 0.2) is 0 Å². The zero-order chi connectivity index (χ0) is 13.8. The third kappa shape index (κ3) is 3.70. The van der Waals surface area contributed by atoms with Crippen molar-refractivity contribution in [3.63, 3.8) is 0 Å². The monoisotopic (exact) mass is 263 g/mol. The number of carbonyl (C=O) groups is 1. The second kappa shape index (κ2) is 6.06. The van der Waals surface area contributed by atoms with Crippen LogP contribution in [0.1, 0.15) is 24.0 Å². The first-order valence-corrected chi connectivity index (χ1v) is 6.72. The molecule has 2 rings (SSSR count). The molecule has 1 atom stereocenters. The molecule has 19 heavy (non-hydrogen) atoms. The fourth-order valence-electron chi connectivity index (χ4n) is 2.19. The van der Waals surface area contributed by atoms with Crippen LogP contribution in [0.15, 0.2) is 18.2 Å². The average Bonchev–Trinajstić information content (AvgIpc) is 2.80. The first kappa shape index (κ1) is 13.9. The second-order valence-electron chi connectivity index (χ2n) is 5.13. The molecule has 0 aromatic heterocycles. The molecule has 0 spiro atoms. The minimum Gasteiger partial charge on any atom is -0.493 e. The van der Waals surface area contributed by atoms with E-state index in [4.69, 9.17) is 4.74 Å². The Hall–Kier alpha value is -1.55. The summed E-state index contributed by atoms with van der Waals surface area (Å²) in [6.45, 7) is 5.60. The summed E-state index contributed by atoms with van der Waals surface area (Å²) >= 11 is 0. The number of likely N-dealkylation sites (tertiary alicyclic amines) is 1. The Bertz CT molecular complexity index is 459. The molecule has 1 amide bonds. The fraction of sp³-hybridized carbons (Fsp3) is 0.533. The molecule has 1 heterocycles. The number of hydrogen-bond donors (Lipinski definition) is 1. The molecule has 1 aromatic rings. The van der Waals surface area contributed by atoms with E-state index in [9.17, 15) is 9.90 Å².